The van der Waals surface area contributed by atoms with E-state index >= 15 is 0 Å². The van der Waals surface area contributed by atoms with Crippen LogP contribution in [-0.4, -0.2) is 62.1 Å². The topological polar surface area (TPSA) is 83.0 Å². The van der Waals surface area contributed by atoms with E-state index in [4.69, 9.17) is 4.74 Å². The first-order valence-electron chi connectivity index (χ1n) is 10.2. The number of nitrogens with zero attached hydrogens (tertiary/aromatic N) is 2. The van der Waals surface area contributed by atoms with Gasteiger partial charge in [-0.1, -0.05) is 12.1 Å². The first-order valence-corrected chi connectivity index (χ1v) is 10.2. The Morgan fingerprint density at radius 1 is 1.24 bits per heavy atom. The third-order valence-corrected chi connectivity index (χ3v) is 4.70. The first kappa shape index (κ1) is 22.6. The van der Waals surface area contributed by atoms with Crippen molar-refractivity contribution in [1.29, 1.82) is 0 Å². The normalized spacial score (nSPS) is 15.1. The van der Waals surface area contributed by atoms with Crippen LogP contribution < -0.4 is 10.6 Å². The summed E-state index contributed by atoms with van der Waals surface area (Å²) in [5.74, 6) is 0.119. The number of amides is 1. The van der Waals surface area contributed by atoms with E-state index in [0.29, 0.717) is 25.3 Å². The average Bonchev–Trinajstić information content (AvgIpc) is 2.70. The summed E-state index contributed by atoms with van der Waals surface area (Å²) in [7, 11) is 0. The summed E-state index contributed by atoms with van der Waals surface area (Å²) in [6, 6.07) is 6.04. The largest absolute Gasteiger partial charge is 0.466 e. The Morgan fingerprint density at radius 3 is 2.66 bits per heavy atom. The summed E-state index contributed by atoms with van der Waals surface area (Å²) in [5, 5.41) is 6.07. The fourth-order valence-electron chi connectivity index (χ4n) is 3.26. The van der Waals surface area contributed by atoms with Crippen molar-refractivity contribution in [3.05, 3.63) is 35.6 Å². The Hall–Kier alpha value is -2.64. The highest BCUT2D eigenvalue weighted by Gasteiger charge is 2.27. The molecule has 2 N–H and O–H groups in total. The molecule has 1 fully saturated rings. The van der Waals surface area contributed by atoms with Crippen LogP contribution >= 0.6 is 0 Å². The van der Waals surface area contributed by atoms with Crippen molar-refractivity contribution in [3.8, 4) is 0 Å². The number of esters is 1. The molecule has 1 aliphatic heterocycles. The predicted molar refractivity (Wildman–Crippen MR) is 110 cm³/mol. The molecule has 0 radical (unpaired) electrons. The molecular formula is C21H31FN4O3. The highest BCUT2D eigenvalue weighted by Crippen LogP contribution is 2.18. The summed E-state index contributed by atoms with van der Waals surface area (Å²) in [5.41, 5.74) is 0.642. The highest BCUT2D eigenvalue weighted by atomic mass is 19.1. The molecule has 8 heteroatoms. The number of likely N-dealkylation sites (tertiary alicyclic amines) is 1. The van der Waals surface area contributed by atoms with E-state index < -0.39 is 0 Å². The van der Waals surface area contributed by atoms with Gasteiger partial charge in [0, 0.05) is 26.2 Å². The maximum absolute atomic E-state index is 13.2. The molecule has 160 valence electrons. The molecule has 0 unspecified atom stereocenters. The van der Waals surface area contributed by atoms with E-state index in [-0.39, 0.29) is 30.0 Å². The lowest BCUT2D eigenvalue weighted by Crippen LogP contribution is -2.47. The Morgan fingerprint density at radius 2 is 2.00 bits per heavy atom. The van der Waals surface area contributed by atoms with Crippen LogP contribution in [0.15, 0.2) is 29.3 Å². The zero-order valence-electron chi connectivity index (χ0n) is 17.2. The van der Waals surface area contributed by atoms with Gasteiger partial charge in [0.05, 0.1) is 25.5 Å². The number of rotatable bonds is 8. The van der Waals surface area contributed by atoms with E-state index in [1.165, 1.54) is 12.1 Å². The summed E-state index contributed by atoms with van der Waals surface area (Å²) in [6.07, 6.45) is 1.63. The Bertz CT molecular complexity index is 703. The SMILES string of the molecule is CCNC(=NCCNC(=O)Cc1cccc(F)c1)N1CCC(C(=O)OCC)CC1. The summed E-state index contributed by atoms with van der Waals surface area (Å²) in [6.45, 7) is 7.29. The van der Waals surface area contributed by atoms with Gasteiger partial charge in [-0.25, -0.2) is 4.39 Å². The number of hydrogen-bond acceptors (Lipinski definition) is 4. The molecule has 0 saturated carbocycles. The molecule has 1 heterocycles. The quantitative estimate of drug-likeness (QED) is 0.297. The maximum Gasteiger partial charge on any atom is 0.309 e. The molecule has 1 aromatic carbocycles. The van der Waals surface area contributed by atoms with Gasteiger partial charge in [-0.2, -0.15) is 0 Å². The minimum Gasteiger partial charge on any atom is -0.466 e. The number of ether oxygens (including phenoxy) is 1. The van der Waals surface area contributed by atoms with Gasteiger partial charge in [-0.05, 0) is 44.4 Å². The van der Waals surface area contributed by atoms with E-state index in [0.717, 1.165) is 38.4 Å². The maximum atomic E-state index is 13.2. The minimum atomic E-state index is -0.345. The number of nitrogens with one attached hydrogen (secondary N) is 2. The van der Waals surface area contributed by atoms with E-state index in [1.54, 1.807) is 12.1 Å². The fraction of sp³-hybridized carbons (Fsp3) is 0.571. The lowest BCUT2D eigenvalue weighted by atomic mass is 9.97. The summed E-state index contributed by atoms with van der Waals surface area (Å²) >= 11 is 0. The van der Waals surface area contributed by atoms with Crippen molar-refractivity contribution < 1.29 is 18.7 Å². The number of benzene rings is 1. The van der Waals surface area contributed by atoms with Crippen molar-refractivity contribution >= 4 is 17.8 Å². The number of carbonyl (C=O) groups excluding carboxylic acids is 2. The first-order chi connectivity index (χ1) is 14.0. The molecule has 0 atom stereocenters. The standard InChI is InChI=1S/C21H31FN4O3/c1-3-23-21(26-12-8-17(9-13-26)20(28)29-4-2)25-11-10-24-19(27)15-16-6-5-7-18(22)14-16/h5-7,14,17H,3-4,8-13,15H2,1-2H3,(H,23,25)(H,24,27). The van der Waals surface area contributed by atoms with E-state index in [2.05, 4.69) is 20.5 Å². The number of carbonyl (C=O) groups is 2. The van der Waals surface area contributed by atoms with Crippen LogP contribution in [0.4, 0.5) is 4.39 Å². The molecular weight excluding hydrogens is 375 g/mol. The van der Waals surface area contributed by atoms with Crippen LogP contribution in [-0.2, 0) is 20.7 Å². The number of piperidine rings is 1. The van der Waals surface area contributed by atoms with Crippen LogP contribution in [0.3, 0.4) is 0 Å². The third kappa shape index (κ3) is 7.71. The highest BCUT2D eigenvalue weighted by molar-refractivity contribution is 5.81. The van der Waals surface area contributed by atoms with Crippen molar-refractivity contribution in [2.24, 2.45) is 10.9 Å². The molecule has 1 aliphatic rings. The van der Waals surface area contributed by atoms with E-state index in [1.807, 2.05) is 13.8 Å². The van der Waals surface area contributed by atoms with Crippen molar-refractivity contribution in [3.63, 3.8) is 0 Å². The summed E-state index contributed by atoms with van der Waals surface area (Å²) < 4.78 is 18.3. The van der Waals surface area contributed by atoms with Gasteiger partial charge >= 0.3 is 5.97 Å². The second kappa shape index (κ2) is 12.0. The smallest absolute Gasteiger partial charge is 0.309 e. The third-order valence-electron chi connectivity index (χ3n) is 4.70. The summed E-state index contributed by atoms with van der Waals surface area (Å²) in [4.78, 5) is 30.6. The lowest BCUT2D eigenvalue weighted by molar-refractivity contribution is -0.149. The number of guanidine groups is 1. The van der Waals surface area contributed by atoms with Gasteiger partial charge in [0.2, 0.25) is 5.91 Å². The number of halogens is 1. The molecule has 29 heavy (non-hydrogen) atoms. The zero-order valence-corrected chi connectivity index (χ0v) is 17.2. The lowest BCUT2D eigenvalue weighted by Gasteiger charge is -2.33. The molecule has 0 bridgehead atoms. The Balaban J connectivity index is 1.77. The van der Waals surface area contributed by atoms with Crippen LogP contribution in [0.25, 0.3) is 0 Å². The van der Waals surface area contributed by atoms with Crippen molar-refractivity contribution in [1.82, 2.24) is 15.5 Å². The molecule has 2 rings (SSSR count). The molecule has 7 nitrogen and oxygen atoms in total. The van der Waals surface area contributed by atoms with Gasteiger partial charge in [-0.15, -0.1) is 0 Å². The molecule has 1 aromatic rings. The minimum absolute atomic E-state index is 0.0452. The van der Waals surface area contributed by atoms with Gasteiger partial charge < -0.3 is 20.3 Å². The van der Waals surface area contributed by atoms with Crippen LogP contribution in [0.2, 0.25) is 0 Å². The zero-order chi connectivity index (χ0) is 21.1. The molecule has 1 saturated heterocycles. The second-order valence-electron chi connectivity index (χ2n) is 6.91. The predicted octanol–water partition coefficient (Wildman–Crippen LogP) is 1.72. The second-order valence-corrected chi connectivity index (χ2v) is 6.91. The van der Waals surface area contributed by atoms with Crippen LogP contribution in [0, 0.1) is 11.7 Å². The molecule has 1 amide bonds. The van der Waals surface area contributed by atoms with Crippen molar-refractivity contribution in [2.75, 3.05) is 39.3 Å². The fourth-order valence-corrected chi connectivity index (χ4v) is 3.26. The van der Waals surface area contributed by atoms with Gasteiger partial charge in [0.25, 0.3) is 0 Å². The van der Waals surface area contributed by atoms with Gasteiger partial charge in [-0.3, -0.25) is 14.6 Å². The van der Waals surface area contributed by atoms with E-state index in [9.17, 15) is 14.0 Å². The Labute approximate surface area is 171 Å². The monoisotopic (exact) mass is 406 g/mol. The molecule has 0 aliphatic carbocycles. The molecule has 0 spiro atoms. The molecule has 0 aromatic heterocycles. The Kier molecular flexibility index (Phi) is 9.40. The van der Waals surface area contributed by atoms with Crippen LogP contribution in [0.5, 0.6) is 0 Å². The van der Waals surface area contributed by atoms with Gasteiger partial charge in [0.1, 0.15) is 5.82 Å². The van der Waals surface area contributed by atoms with Gasteiger partial charge in [0.15, 0.2) is 5.96 Å². The average molecular weight is 407 g/mol. The van der Waals surface area contributed by atoms with Crippen LogP contribution in [0.1, 0.15) is 32.3 Å². The van der Waals surface area contributed by atoms with Crippen molar-refractivity contribution in [2.45, 2.75) is 33.1 Å². The number of aliphatic imine (C=N–C) groups is 1. The number of hydrogen-bond donors (Lipinski definition) is 2.